The van der Waals surface area contributed by atoms with Gasteiger partial charge in [-0.15, -0.1) is 0 Å². The maximum absolute atomic E-state index is 9.44. The van der Waals surface area contributed by atoms with Gasteiger partial charge in [0.05, 0.1) is 12.2 Å². The molecule has 0 spiro atoms. The van der Waals surface area contributed by atoms with Gasteiger partial charge < -0.3 is 15.3 Å². The van der Waals surface area contributed by atoms with Crippen LogP contribution >= 0.6 is 0 Å². The molecule has 3 heteroatoms. The largest absolute Gasteiger partial charge is 0.396 e. The molecule has 0 bridgehead atoms. The monoisotopic (exact) mass is 190 g/mol. The lowest BCUT2D eigenvalue weighted by molar-refractivity contribution is 0.00529. The summed E-state index contributed by atoms with van der Waals surface area (Å²) in [6.45, 7) is 2.19. The van der Waals surface area contributed by atoms with Crippen molar-refractivity contribution in [3.05, 3.63) is 0 Å². The first-order chi connectivity index (χ1) is 6.22. The van der Waals surface area contributed by atoms with Crippen LogP contribution < -0.4 is 0 Å². The average Bonchev–Trinajstić information content (AvgIpc) is 2.14. The lowest BCUT2D eigenvalue weighted by Gasteiger charge is -2.16. The highest BCUT2D eigenvalue weighted by atomic mass is 16.3. The maximum Gasteiger partial charge on any atom is 0.0800 e. The molecule has 0 aliphatic carbocycles. The van der Waals surface area contributed by atoms with Crippen LogP contribution in [0.3, 0.4) is 0 Å². The second kappa shape index (κ2) is 8.48. The minimum Gasteiger partial charge on any atom is -0.396 e. The summed E-state index contributed by atoms with van der Waals surface area (Å²) in [5, 5.41) is 27.3. The van der Waals surface area contributed by atoms with Gasteiger partial charge in [-0.25, -0.2) is 0 Å². The zero-order chi connectivity index (χ0) is 10.1. The quantitative estimate of drug-likeness (QED) is 0.502. The normalized spacial score (nSPS) is 15.7. The van der Waals surface area contributed by atoms with E-state index in [1.165, 1.54) is 0 Å². The van der Waals surface area contributed by atoms with Crippen molar-refractivity contribution in [2.75, 3.05) is 6.61 Å². The molecule has 0 amide bonds. The second-order valence-electron chi connectivity index (χ2n) is 3.50. The van der Waals surface area contributed by atoms with Gasteiger partial charge in [0, 0.05) is 6.61 Å². The van der Waals surface area contributed by atoms with Crippen molar-refractivity contribution in [1.29, 1.82) is 0 Å². The van der Waals surface area contributed by atoms with Gasteiger partial charge in [-0.3, -0.25) is 0 Å². The van der Waals surface area contributed by atoms with E-state index in [1.54, 1.807) is 0 Å². The Hall–Kier alpha value is -0.120. The smallest absolute Gasteiger partial charge is 0.0800 e. The number of aliphatic hydroxyl groups excluding tert-OH is 3. The third-order valence-corrected chi connectivity index (χ3v) is 2.21. The Bertz CT molecular complexity index is 106. The van der Waals surface area contributed by atoms with Crippen molar-refractivity contribution in [3.8, 4) is 0 Å². The molecule has 0 rings (SSSR count). The van der Waals surface area contributed by atoms with Crippen LogP contribution in [0.15, 0.2) is 0 Å². The van der Waals surface area contributed by atoms with Gasteiger partial charge in [0.25, 0.3) is 0 Å². The highest BCUT2D eigenvalue weighted by Gasteiger charge is 2.14. The van der Waals surface area contributed by atoms with Crippen molar-refractivity contribution in [2.45, 2.75) is 57.7 Å². The first kappa shape index (κ1) is 12.9. The molecule has 13 heavy (non-hydrogen) atoms. The van der Waals surface area contributed by atoms with E-state index >= 15 is 0 Å². The molecule has 3 N–H and O–H groups in total. The lowest BCUT2D eigenvalue weighted by Crippen LogP contribution is -2.25. The van der Waals surface area contributed by atoms with Crippen molar-refractivity contribution in [2.24, 2.45) is 0 Å². The van der Waals surface area contributed by atoms with Crippen molar-refractivity contribution >= 4 is 0 Å². The van der Waals surface area contributed by atoms with Gasteiger partial charge in [0.2, 0.25) is 0 Å². The Morgan fingerprint density at radius 1 is 0.923 bits per heavy atom. The van der Waals surface area contributed by atoms with Crippen LogP contribution in [-0.2, 0) is 0 Å². The second-order valence-corrected chi connectivity index (χ2v) is 3.50. The molecule has 0 aliphatic heterocycles. The Morgan fingerprint density at radius 3 is 1.92 bits per heavy atom. The van der Waals surface area contributed by atoms with E-state index in [4.69, 9.17) is 5.11 Å². The van der Waals surface area contributed by atoms with E-state index in [9.17, 15) is 10.2 Å². The summed E-state index contributed by atoms with van der Waals surface area (Å²) in [6, 6.07) is 0. The summed E-state index contributed by atoms with van der Waals surface area (Å²) in [4.78, 5) is 0. The molecule has 3 nitrogen and oxygen atoms in total. The number of unbranched alkanes of at least 4 members (excludes halogenated alkanes) is 2. The molecule has 0 unspecified atom stereocenters. The minimum atomic E-state index is -0.663. The zero-order valence-electron chi connectivity index (χ0n) is 8.45. The maximum atomic E-state index is 9.44. The molecule has 0 saturated heterocycles. The molecule has 80 valence electrons. The number of hydrogen-bond donors (Lipinski definition) is 3. The fraction of sp³-hybridized carbons (Fsp3) is 1.00. The van der Waals surface area contributed by atoms with Gasteiger partial charge in [-0.1, -0.05) is 26.2 Å². The number of rotatable bonds is 8. The van der Waals surface area contributed by atoms with E-state index in [-0.39, 0.29) is 6.61 Å². The molecule has 0 aromatic carbocycles. The molecular formula is C10H22O3. The predicted molar refractivity (Wildman–Crippen MR) is 52.5 cm³/mol. The van der Waals surface area contributed by atoms with E-state index in [2.05, 4.69) is 6.92 Å². The standard InChI is InChI=1S/C10H22O3/c1-2-3-4-6-9(12)10(13)7-5-8-11/h9-13H,2-8H2,1H3/t9-,10+/m1/s1. The predicted octanol–water partition coefficient (Wildman–Crippen LogP) is 1.06. The van der Waals surface area contributed by atoms with Gasteiger partial charge in [-0.2, -0.15) is 0 Å². The SMILES string of the molecule is CCCCC[C@@H](O)[C@@H](O)CCCO. The van der Waals surface area contributed by atoms with Gasteiger partial charge in [0.1, 0.15) is 0 Å². The van der Waals surface area contributed by atoms with Crippen LogP contribution in [0.4, 0.5) is 0 Å². The molecule has 2 atom stereocenters. The fourth-order valence-electron chi connectivity index (χ4n) is 1.29. The topological polar surface area (TPSA) is 60.7 Å². The first-order valence-corrected chi connectivity index (χ1v) is 5.19. The van der Waals surface area contributed by atoms with Gasteiger partial charge >= 0.3 is 0 Å². The van der Waals surface area contributed by atoms with Crippen molar-refractivity contribution in [1.82, 2.24) is 0 Å². The highest BCUT2D eigenvalue weighted by Crippen LogP contribution is 2.10. The molecular weight excluding hydrogens is 168 g/mol. The molecule has 0 heterocycles. The Labute approximate surface area is 80.4 Å². The Morgan fingerprint density at radius 2 is 1.46 bits per heavy atom. The van der Waals surface area contributed by atoms with Crippen LogP contribution in [0.25, 0.3) is 0 Å². The Kier molecular flexibility index (Phi) is 8.40. The molecule has 0 radical (unpaired) electrons. The highest BCUT2D eigenvalue weighted by molar-refractivity contribution is 4.66. The fourth-order valence-corrected chi connectivity index (χ4v) is 1.29. The lowest BCUT2D eigenvalue weighted by atomic mass is 10.0. The van der Waals surface area contributed by atoms with Crippen LogP contribution in [0.5, 0.6) is 0 Å². The number of aliphatic hydroxyl groups is 3. The third kappa shape index (κ3) is 6.99. The Balaban J connectivity index is 3.38. The van der Waals surface area contributed by atoms with Crippen molar-refractivity contribution in [3.63, 3.8) is 0 Å². The van der Waals surface area contributed by atoms with Crippen LogP contribution in [0, 0.1) is 0 Å². The van der Waals surface area contributed by atoms with E-state index < -0.39 is 12.2 Å². The van der Waals surface area contributed by atoms with Gasteiger partial charge in [0.15, 0.2) is 0 Å². The summed E-state index contributed by atoms with van der Waals surface area (Å²) in [5.74, 6) is 0. The zero-order valence-corrected chi connectivity index (χ0v) is 8.45. The summed E-state index contributed by atoms with van der Waals surface area (Å²) in [6.07, 6.45) is 3.63. The van der Waals surface area contributed by atoms with E-state index in [0.29, 0.717) is 19.3 Å². The summed E-state index contributed by atoms with van der Waals surface area (Å²) in [5.41, 5.74) is 0. The molecule has 0 aromatic heterocycles. The first-order valence-electron chi connectivity index (χ1n) is 5.19. The van der Waals surface area contributed by atoms with Crippen LogP contribution in [0.2, 0.25) is 0 Å². The van der Waals surface area contributed by atoms with E-state index in [0.717, 1.165) is 19.3 Å². The molecule has 0 aliphatic rings. The minimum absolute atomic E-state index is 0.0821. The third-order valence-electron chi connectivity index (χ3n) is 2.21. The molecule has 0 fully saturated rings. The molecule has 0 aromatic rings. The number of hydrogen-bond acceptors (Lipinski definition) is 3. The van der Waals surface area contributed by atoms with Gasteiger partial charge in [-0.05, 0) is 19.3 Å². The summed E-state index contributed by atoms with van der Waals surface area (Å²) in [7, 11) is 0. The van der Waals surface area contributed by atoms with Crippen LogP contribution in [-0.4, -0.2) is 34.1 Å². The summed E-state index contributed by atoms with van der Waals surface area (Å²) < 4.78 is 0. The molecule has 0 saturated carbocycles. The van der Waals surface area contributed by atoms with E-state index in [1.807, 2.05) is 0 Å². The average molecular weight is 190 g/mol. The summed E-state index contributed by atoms with van der Waals surface area (Å²) >= 11 is 0. The van der Waals surface area contributed by atoms with Crippen molar-refractivity contribution < 1.29 is 15.3 Å². The van der Waals surface area contributed by atoms with Crippen LogP contribution in [0.1, 0.15) is 45.4 Å².